The van der Waals surface area contributed by atoms with Gasteiger partial charge in [0.1, 0.15) is 0 Å². The van der Waals surface area contributed by atoms with Crippen molar-refractivity contribution in [1.29, 1.82) is 0 Å². The van der Waals surface area contributed by atoms with E-state index >= 15 is 0 Å². The van der Waals surface area contributed by atoms with Gasteiger partial charge in [0.25, 0.3) is 0 Å². The molecular weight excluding hydrogens is 232 g/mol. The summed E-state index contributed by atoms with van der Waals surface area (Å²) < 4.78 is 0. The molecule has 0 bridgehead atoms. The first kappa shape index (κ1) is 15.0. The number of likely N-dealkylation sites (N-methyl/N-ethyl adjacent to an activating group) is 1. The summed E-state index contributed by atoms with van der Waals surface area (Å²) in [4.78, 5) is 26.7. The summed E-state index contributed by atoms with van der Waals surface area (Å²) in [6.45, 7) is 7.05. The van der Waals surface area contributed by atoms with E-state index in [4.69, 9.17) is 5.11 Å². The summed E-state index contributed by atoms with van der Waals surface area (Å²) in [5, 5.41) is 8.99. The second kappa shape index (κ2) is 6.18. The van der Waals surface area contributed by atoms with E-state index in [1.807, 2.05) is 27.8 Å². The van der Waals surface area contributed by atoms with Crippen LogP contribution in [0.5, 0.6) is 0 Å². The molecule has 0 aliphatic carbocycles. The number of amides is 1. The number of aliphatic carboxylic acids is 1. The topological polar surface area (TPSA) is 60.9 Å². The number of hydrogen-bond donors (Lipinski definition) is 1. The minimum atomic E-state index is -0.716. The summed E-state index contributed by atoms with van der Waals surface area (Å²) in [7, 11) is 1.81. The van der Waals surface area contributed by atoms with Crippen LogP contribution in [-0.2, 0) is 9.59 Å². The average Bonchev–Trinajstić information content (AvgIpc) is 2.30. The van der Waals surface area contributed by atoms with Gasteiger partial charge in [-0.15, -0.1) is 0 Å². The molecule has 0 saturated carbocycles. The highest BCUT2D eigenvalue weighted by molar-refractivity contribution is 5.78. The highest BCUT2D eigenvalue weighted by Gasteiger charge is 2.31. The molecule has 2 unspecified atom stereocenters. The van der Waals surface area contributed by atoms with E-state index in [0.717, 1.165) is 0 Å². The first-order chi connectivity index (χ1) is 8.32. The molecule has 5 nitrogen and oxygen atoms in total. The van der Waals surface area contributed by atoms with Crippen LogP contribution in [-0.4, -0.2) is 59.0 Å². The van der Waals surface area contributed by atoms with Crippen LogP contribution in [0.25, 0.3) is 0 Å². The van der Waals surface area contributed by atoms with Crippen molar-refractivity contribution >= 4 is 11.9 Å². The lowest BCUT2D eigenvalue weighted by Crippen LogP contribution is -2.48. The fourth-order valence-corrected chi connectivity index (χ4v) is 2.25. The van der Waals surface area contributed by atoms with Crippen molar-refractivity contribution in [3.05, 3.63) is 0 Å². The summed E-state index contributed by atoms with van der Waals surface area (Å²) >= 11 is 0. The van der Waals surface area contributed by atoms with Crippen molar-refractivity contribution in [2.24, 2.45) is 5.92 Å². The van der Waals surface area contributed by atoms with Crippen LogP contribution < -0.4 is 0 Å². The zero-order valence-corrected chi connectivity index (χ0v) is 11.7. The Morgan fingerprint density at radius 1 is 1.44 bits per heavy atom. The molecule has 1 amide bonds. The second-order valence-electron chi connectivity index (χ2n) is 5.48. The van der Waals surface area contributed by atoms with E-state index in [0.29, 0.717) is 25.9 Å². The highest BCUT2D eigenvalue weighted by atomic mass is 16.4. The number of nitrogens with zero attached hydrogens (tertiary/aromatic N) is 2. The van der Waals surface area contributed by atoms with E-state index in [-0.39, 0.29) is 23.9 Å². The number of carbonyl (C=O) groups is 2. The van der Waals surface area contributed by atoms with Crippen LogP contribution in [0.4, 0.5) is 0 Å². The molecule has 1 saturated heterocycles. The summed E-state index contributed by atoms with van der Waals surface area (Å²) in [6.07, 6.45) is 1.27. The minimum absolute atomic E-state index is 0.102. The van der Waals surface area contributed by atoms with Crippen LogP contribution in [0.3, 0.4) is 0 Å². The van der Waals surface area contributed by atoms with Gasteiger partial charge in [0, 0.05) is 19.1 Å². The maximum Gasteiger partial charge on any atom is 0.306 e. The molecule has 1 fully saturated rings. The zero-order valence-electron chi connectivity index (χ0n) is 11.7. The Labute approximate surface area is 109 Å². The van der Waals surface area contributed by atoms with E-state index in [1.165, 1.54) is 0 Å². The molecule has 1 aliphatic heterocycles. The molecule has 1 N–H and O–H groups in total. The van der Waals surface area contributed by atoms with Crippen molar-refractivity contribution in [1.82, 2.24) is 9.80 Å². The van der Waals surface area contributed by atoms with Crippen LogP contribution in [0.15, 0.2) is 0 Å². The van der Waals surface area contributed by atoms with Crippen LogP contribution in [0, 0.1) is 5.92 Å². The molecule has 0 aromatic rings. The summed E-state index contributed by atoms with van der Waals surface area (Å²) in [5.74, 6) is -0.869. The van der Waals surface area contributed by atoms with Crippen LogP contribution in [0.1, 0.15) is 33.6 Å². The predicted octanol–water partition coefficient (Wildman–Crippen LogP) is 1.04. The highest BCUT2D eigenvalue weighted by Crippen LogP contribution is 2.22. The number of hydrogen-bond acceptors (Lipinski definition) is 3. The molecule has 1 aliphatic rings. The average molecular weight is 256 g/mol. The van der Waals surface area contributed by atoms with Crippen molar-refractivity contribution in [3.8, 4) is 0 Å². The van der Waals surface area contributed by atoms with Gasteiger partial charge < -0.3 is 10.0 Å². The molecule has 0 spiro atoms. The number of carbonyl (C=O) groups excluding carboxylic acids is 1. The number of carboxylic acids is 1. The quantitative estimate of drug-likeness (QED) is 0.816. The van der Waals surface area contributed by atoms with Gasteiger partial charge in [0.05, 0.1) is 12.5 Å². The smallest absolute Gasteiger partial charge is 0.306 e. The lowest BCUT2D eigenvalue weighted by molar-refractivity contribution is -0.144. The summed E-state index contributed by atoms with van der Waals surface area (Å²) in [6, 6.07) is 0.355. The Bertz CT molecular complexity index is 317. The normalized spacial score (nSPS) is 25.2. The monoisotopic (exact) mass is 256 g/mol. The Kier molecular flexibility index (Phi) is 5.14. The molecular formula is C13H24N2O3. The number of carboxylic acid groups (broad SMARTS) is 1. The first-order valence-corrected chi connectivity index (χ1v) is 6.55. The molecule has 0 aromatic carbocycles. The maximum atomic E-state index is 12.0. The Balaban J connectivity index is 2.50. The number of rotatable bonds is 4. The molecule has 104 valence electrons. The second-order valence-corrected chi connectivity index (χ2v) is 5.48. The fourth-order valence-electron chi connectivity index (χ4n) is 2.25. The Morgan fingerprint density at radius 3 is 2.50 bits per heavy atom. The molecule has 1 rings (SSSR count). The van der Waals surface area contributed by atoms with Crippen molar-refractivity contribution in [2.45, 2.75) is 45.7 Å². The van der Waals surface area contributed by atoms with Crippen LogP contribution >= 0.6 is 0 Å². The third-order valence-electron chi connectivity index (χ3n) is 3.87. The Morgan fingerprint density at radius 2 is 2.06 bits per heavy atom. The van der Waals surface area contributed by atoms with Gasteiger partial charge in [-0.2, -0.15) is 0 Å². The van der Waals surface area contributed by atoms with E-state index in [1.54, 1.807) is 4.90 Å². The lowest BCUT2D eigenvalue weighted by atomic mass is 9.92. The van der Waals surface area contributed by atoms with E-state index in [9.17, 15) is 9.59 Å². The molecule has 18 heavy (non-hydrogen) atoms. The maximum absolute atomic E-state index is 12.0. The van der Waals surface area contributed by atoms with Gasteiger partial charge in [0.15, 0.2) is 0 Å². The molecule has 2 atom stereocenters. The Hall–Kier alpha value is -1.10. The first-order valence-electron chi connectivity index (χ1n) is 6.55. The molecule has 0 radical (unpaired) electrons. The fraction of sp³-hybridized carbons (Fsp3) is 0.846. The van der Waals surface area contributed by atoms with Gasteiger partial charge in [-0.3, -0.25) is 14.5 Å². The van der Waals surface area contributed by atoms with Crippen molar-refractivity contribution in [3.63, 3.8) is 0 Å². The largest absolute Gasteiger partial charge is 0.481 e. The van der Waals surface area contributed by atoms with Gasteiger partial charge in [-0.25, -0.2) is 0 Å². The van der Waals surface area contributed by atoms with Crippen molar-refractivity contribution < 1.29 is 14.7 Å². The third kappa shape index (κ3) is 3.70. The lowest BCUT2D eigenvalue weighted by Gasteiger charge is -2.36. The summed E-state index contributed by atoms with van der Waals surface area (Å²) in [5.41, 5.74) is 0. The third-order valence-corrected chi connectivity index (χ3v) is 3.87. The van der Waals surface area contributed by atoms with Crippen LogP contribution in [0.2, 0.25) is 0 Å². The minimum Gasteiger partial charge on any atom is -0.481 e. The molecule has 5 heteroatoms. The van der Waals surface area contributed by atoms with Crippen molar-refractivity contribution in [2.75, 3.05) is 20.1 Å². The zero-order chi connectivity index (χ0) is 13.9. The predicted molar refractivity (Wildman–Crippen MR) is 69.3 cm³/mol. The van der Waals surface area contributed by atoms with Gasteiger partial charge in [-0.1, -0.05) is 0 Å². The number of likely N-dealkylation sites (tertiary alicyclic amines) is 1. The molecule has 0 aromatic heterocycles. The number of piperidine rings is 1. The van der Waals surface area contributed by atoms with Gasteiger partial charge in [0.2, 0.25) is 5.91 Å². The van der Waals surface area contributed by atoms with Gasteiger partial charge in [-0.05, 0) is 40.2 Å². The van der Waals surface area contributed by atoms with Gasteiger partial charge >= 0.3 is 5.97 Å². The molecule has 1 heterocycles. The SMILES string of the molecule is CC1CC(C(=O)O)CCN1CC(=O)N(C)C(C)C. The van der Waals surface area contributed by atoms with E-state index < -0.39 is 5.97 Å². The standard InChI is InChI=1S/C13H24N2O3/c1-9(2)14(4)12(16)8-15-6-5-11(13(17)18)7-10(15)3/h9-11H,5-8H2,1-4H3,(H,17,18). The van der Waals surface area contributed by atoms with E-state index in [2.05, 4.69) is 4.90 Å².